The zero-order valence-corrected chi connectivity index (χ0v) is 10.6. The van der Waals surface area contributed by atoms with Gasteiger partial charge in [-0.25, -0.2) is 4.79 Å². The monoisotopic (exact) mass is 264 g/mol. The van der Waals surface area contributed by atoms with Crippen LogP contribution in [0.2, 0.25) is 5.02 Å². The molecule has 94 valence electrons. The predicted molar refractivity (Wildman–Crippen MR) is 72.0 cm³/mol. The van der Waals surface area contributed by atoms with Crippen molar-refractivity contribution in [1.82, 2.24) is 9.78 Å². The fraction of sp³-hybridized carbons (Fsp3) is 0.167. The Labute approximate surface area is 110 Å². The zero-order chi connectivity index (χ0) is 13.0. The minimum Gasteiger partial charge on any atom is -0.308 e. The summed E-state index contributed by atoms with van der Waals surface area (Å²) in [5, 5.41) is 10.0. The minimum atomic E-state index is -0.326. The molecule has 0 saturated heterocycles. The summed E-state index contributed by atoms with van der Waals surface area (Å²) in [6.07, 6.45) is 3.36. The minimum absolute atomic E-state index is 0.326. The average molecular weight is 265 g/mol. The number of nitrogens with zero attached hydrogens (tertiary/aromatic N) is 2. The van der Waals surface area contributed by atoms with Gasteiger partial charge in [-0.05, 0) is 25.1 Å². The molecule has 0 fully saturated rings. The van der Waals surface area contributed by atoms with Gasteiger partial charge in [-0.1, -0.05) is 17.7 Å². The summed E-state index contributed by atoms with van der Waals surface area (Å²) in [5.41, 5.74) is 1.29. The van der Waals surface area contributed by atoms with Crippen molar-refractivity contribution in [3.8, 4) is 0 Å². The molecule has 0 unspecified atom stereocenters. The Balaban J connectivity index is 1.96. The lowest BCUT2D eigenvalue weighted by molar-refractivity contribution is 0.262. The van der Waals surface area contributed by atoms with E-state index in [1.807, 2.05) is 6.92 Å². The van der Waals surface area contributed by atoms with E-state index in [-0.39, 0.29) is 6.03 Å². The Hall–Kier alpha value is -2.01. The maximum absolute atomic E-state index is 11.7. The second kappa shape index (κ2) is 5.55. The van der Waals surface area contributed by atoms with Gasteiger partial charge in [0.05, 0.1) is 11.9 Å². The molecule has 0 aliphatic heterocycles. The van der Waals surface area contributed by atoms with Crippen LogP contribution in [0.1, 0.15) is 6.92 Å². The number of halogens is 1. The zero-order valence-electron chi connectivity index (χ0n) is 9.85. The number of rotatable bonds is 3. The fourth-order valence-corrected chi connectivity index (χ4v) is 1.65. The van der Waals surface area contributed by atoms with Gasteiger partial charge in [0.25, 0.3) is 0 Å². The average Bonchev–Trinajstić information content (AvgIpc) is 2.76. The molecule has 0 bridgehead atoms. The molecule has 0 radical (unpaired) electrons. The molecule has 2 rings (SSSR count). The Morgan fingerprint density at radius 2 is 2.17 bits per heavy atom. The molecule has 1 aromatic carbocycles. The number of benzene rings is 1. The van der Waals surface area contributed by atoms with Gasteiger partial charge >= 0.3 is 6.03 Å². The van der Waals surface area contributed by atoms with Crippen molar-refractivity contribution in [2.24, 2.45) is 0 Å². The van der Waals surface area contributed by atoms with Crippen LogP contribution in [-0.2, 0) is 6.54 Å². The first-order chi connectivity index (χ1) is 8.67. The Morgan fingerprint density at radius 1 is 1.39 bits per heavy atom. The van der Waals surface area contributed by atoms with Crippen molar-refractivity contribution in [2.45, 2.75) is 13.5 Å². The van der Waals surface area contributed by atoms with E-state index < -0.39 is 0 Å². The summed E-state index contributed by atoms with van der Waals surface area (Å²) < 4.78 is 1.73. The third kappa shape index (κ3) is 3.24. The predicted octanol–water partition coefficient (Wildman–Crippen LogP) is 3.20. The molecular weight excluding hydrogens is 252 g/mol. The van der Waals surface area contributed by atoms with Gasteiger partial charge in [0.15, 0.2) is 0 Å². The first kappa shape index (κ1) is 12.4. The van der Waals surface area contributed by atoms with Crippen molar-refractivity contribution in [3.05, 3.63) is 41.7 Å². The molecule has 0 spiro atoms. The highest BCUT2D eigenvalue weighted by molar-refractivity contribution is 6.30. The van der Waals surface area contributed by atoms with Gasteiger partial charge in [-0.15, -0.1) is 0 Å². The van der Waals surface area contributed by atoms with Gasteiger partial charge in [0.1, 0.15) is 0 Å². The van der Waals surface area contributed by atoms with Gasteiger partial charge < -0.3 is 10.6 Å². The van der Waals surface area contributed by atoms with Crippen LogP contribution in [0.3, 0.4) is 0 Å². The van der Waals surface area contributed by atoms with Crippen LogP contribution >= 0.6 is 11.6 Å². The highest BCUT2D eigenvalue weighted by Crippen LogP contribution is 2.15. The first-order valence-corrected chi connectivity index (χ1v) is 5.91. The van der Waals surface area contributed by atoms with Crippen LogP contribution in [0.5, 0.6) is 0 Å². The molecule has 2 amide bonds. The van der Waals surface area contributed by atoms with E-state index in [2.05, 4.69) is 15.7 Å². The number of nitrogens with one attached hydrogen (secondary N) is 2. The van der Waals surface area contributed by atoms with Crippen LogP contribution < -0.4 is 10.6 Å². The molecule has 0 aliphatic carbocycles. The number of amides is 2. The van der Waals surface area contributed by atoms with Gasteiger partial charge in [-0.3, -0.25) is 4.68 Å². The van der Waals surface area contributed by atoms with Crippen molar-refractivity contribution in [2.75, 3.05) is 10.6 Å². The molecular formula is C12H13ClN4O. The molecule has 0 aliphatic rings. The molecule has 1 aromatic heterocycles. The second-order valence-corrected chi connectivity index (χ2v) is 4.11. The topological polar surface area (TPSA) is 59.0 Å². The summed E-state index contributed by atoms with van der Waals surface area (Å²) >= 11 is 5.83. The molecule has 5 nitrogen and oxygen atoms in total. The van der Waals surface area contributed by atoms with Crippen molar-refractivity contribution in [3.63, 3.8) is 0 Å². The lowest BCUT2D eigenvalue weighted by Gasteiger charge is -2.05. The third-order valence-corrected chi connectivity index (χ3v) is 2.53. The molecule has 0 atom stereocenters. The maximum Gasteiger partial charge on any atom is 0.323 e. The number of carbonyl (C=O) groups is 1. The molecule has 6 heteroatoms. The SMILES string of the molecule is CCn1cc(NC(=O)Nc2cccc(Cl)c2)cn1. The van der Waals surface area contributed by atoms with Crippen LogP contribution in [-0.4, -0.2) is 15.8 Å². The van der Waals surface area contributed by atoms with E-state index in [4.69, 9.17) is 11.6 Å². The third-order valence-electron chi connectivity index (χ3n) is 2.30. The summed E-state index contributed by atoms with van der Waals surface area (Å²) in [6, 6.07) is 6.63. The van der Waals surface area contributed by atoms with Crippen molar-refractivity contribution >= 4 is 29.0 Å². The van der Waals surface area contributed by atoms with Crippen LogP contribution in [0.25, 0.3) is 0 Å². The van der Waals surface area contributed by atoms with Gasteiger partial charge in [0.2, 0.25) is 0 Å². The smallest absolute Gasteiger partial charge is 0.308 e. The Kier molecular flexibility index (Phi) is 3.84. The van der Waals surface area contributed by atoms with Crippen LogP contribution in [0.4, 0.5) is 16.2 Å². The van der Waals surface area contributed by atoms with Gasteiger partial charge in [-0.2, -0.15) is 5.10 Å². The van der Waals surface area contributed by atoms with E-state index in [1.54, 1.807) is 41.3 Å². The number of aryl methyl sites for hydroxylation is 1. The number of hydrogen-bond donors (Lipinski definition) is 2. The number of urea groups is 1. The van der Waals surface area contributed by atoms with E-state index in [1.165, 1.54) is 0 Å². The highest BCUT2D eigenvalue weighted by atomic mass is 35.5. The van der Waals surface area contributed by atoms with Crippen LogP contribution in [0.15, 0.2) is 36.7 Å². The maximum atomic E-state index is 11.7. The largest absolute Gasteiger partial charge is 0.323 e. The quantitative estimate of drug-likeness (QED) is 0.894. The van der Waals surface area contributed by atoms with Gasteiger partial charge in [0, 0.05) is 23.5 Å². The number of carbonyl (C=O) groups excluding carboxylic acids is 1. The lowest BCUT2D eigenvalue weighted by atomic mass is 10.3. The lowest BCUT2D eigenvalue weighted by Crippen LogP contribution is -2.19. The molecule has 0 saturated carbocycles. The van der Waals surface area contributed by atoms with E-state index in [0.29, 0.717) is 16.4 Å². The van der Waals surface area contributed by atoms with E-state index in [9.17, 15) is 4.79 Å². The van der Waals surface area contributed by atoms with Crippen LogP contribution in [0, 0.1) is 0 Å². The number of aromatic nitrogens is 2. The fourth-order valence-electron chi connectivity index (χ4n) is 1.46. The molecule has 2 aromatic rings. The molecule has 18 heavy (non-hydrogen) atoms. The summed E-state index contributed by atoms with van der Waals surface area (Å²) in [6.45, 7) is 2.74. The van der Waals surface area contributed by atoms with E-state index >= 15 is 0 Å². The van der Waals surface area contributed by atoms with Crippen molar-refractivity contribution < 1.29 is 4.79 Å². The Bertz CT molecular complexity index is 553. The van der Waals surface area contributed by atoms with E-state index in [0.717, 1.165) is 6.54 Å². The van der Waals surface area contributed by atoms with Crippen molar-refractivity contribution in [1.29, 1.82) is 0 Å². The highest BCUT2D eigenvalue weighted by Gasteiger charge is 2.04. The summed E-state index contributed by atoms with van der Waals surface area (Å²) in [5.74, 6) is 0. The number of hydrogen-bond acceptors (Lipinski definition) is 2. The molecule has 1 heterocycles. The Morgan fingerprint density at radius 3 is 2.83 bits per heavy atom. The first-order valence-electron chi connectivity index (χ1n) is 5.53. The number of anilines is 2. The second-order valence-electron chi connectivity index (χ2n) is 3.67. The summed E-state index contributed by atoms with van der Waals surface area (Å²) in [4.78, 5) is 11.7. The molecule has 2 N–H and O–H groups in total. The standard InChI is InChI=1S/C12H13ClN4O/c1-2-17-8-11(7-14-17)16-12(18)15-10-5-3-4-9(13)6-10/h3-8H,2H2,1H3,(H2,15,16,18). The normalized spacial score (nSPS) is 10.1. The summed E-state index contributed by atoms with van der Waals surface area (Å²) in [7, 11) is 0.